The number of carbonyl (C=O) groups excluding carboxylic acids is 1. The van der Waals surface area contributed by atoms with Crippen LogP contribution in [0.15, 0.2) is 48.5 Å². The molecule has 1 saturated heterocycles. The summed E-state index contributed by atoms with van der Waals surface area (Å²) < 4.78 is 0. The number of aldehydes is 1. The molecule has 1 unspecified atom stereocenters. The number of likely N-dealkylation sites (N-methyl/N-ethyl adjacent to an activating group) is 1. The quantitative estimate of drug-likeness (QED) is 0.670. The van der Waals surface area contributed by atoms with Gasteiger partial charge < -0.3 is 15.0 Å². The Balaban J connectivity index is 0.000000461. The monoisotopic (exact) mass is 401 g/mol. The molecule has 0 bridgehead atoms. The normalized spacial score (nSPS) is 15.6. The van der Waals surface area contributed by atoms with E-state index in [2.05, 4.69) is 16.3 Å². The predicted molar refractivity (Wildman–Crippen MR) is 120 cm³/mol. The molecule has 0 saturated carbocycles. The second-order valence-electron chi connectivity index (χ2n) is 7.68. The Morgan fingerprint density at radius 1 is 1.17 bits per heavy atom. The van der Waals surface area contributed by atoms with E-state index in [-0.39, 0.29) is 5.92 Å². The summed E-state index contributed by atoms with van der Waals surface area (Å²) >= 11 is 0. The van der Waals surface area contributed by atoms with Gasteiger partial charge in [-0.2, -0.15) is 5.26 Å². The highest BCUT2D eigenvalue weighted by Gasteiger charge is 2.25. The molecule has 1 aliphatic heterocycles. The summed E-state index contributed by atoms with van der Waals surface area (Å²) in [4.78, 5) is 21.6. The lowest BCUT2D eigenvalue weighted by atomic mass is 10.1. The van der Waals surface area contributed by atoms with Gasteiger partial charge in [0.15, 0.2) is 5.82 Å². The molecule has 1 aromatic heterocycles. The topological polar surface area (TPSA) is 81.9 Å². The highest BCUT2D eigenvalue weighted by Crippen LogP contribution is 2.32. The lowest BCUT2D eigenvalue weighted by molar-refractivity contribution is -0.110. The van der Waals surface area contributed by atoms with E-state index in [1.165, 1.54) is 0 Å². The summed E-state index contributed by atoms with van der Waals surface area (Å²) in [5.41, 5.74) is 4.17. The third kappa shape index (κ3) is 5.00. The third-order valence-corrected chi connectivity index (χ3v) is 4.99. The first-order valence-electron chi connectivity index (χ1n) is 10.2. The van der Waals surface area contributed by atoms with Crippen molar-refractivity contribution in [3.8, 4) is 17.3 Å². The van der Waals surface area contributed by atoms with Crippen LogP contribution in [-0.2, 0) is 4.79 Å². The van der Waals surface area contributed by atoms with Crippen LogP contribution in [0.25, 0.3) is 22.3 Å². The highest BCUT2D eigenvalue weighted by atomic mass is 16.1. The minimum Gasteiger partial charge on any atom is -0.353 e. The molecule has 1 N–H and O–H groups in total. The van der Waals surface area contributed by atoms with Crippen LogP contribution in [0.5, 0.6) is 0 Å². The van der Waals surface area contributed by atoms with Crippen LogP contribution in [0.4, 0.5) is 5.82 Å². The van der Waals surface area contributed by atoms with E-state index in [9.17, 15) is 10.1 Å². The van der Waals surface area contributed by atoms with Gasteiger partial charge in [0.2, 0.25) is 0 Å². The van der Waals surface area contributed by atoms with E-state index >= 15 is 0 Å². The van der Waals surface area contributed by atoms with Gasteiger partial charge in [-0.15, -0.1) is 0 Å². The number of benzene rings is 2. The number of carbonyl (C=O) groups is 1. The van der Waals surface area contributed by atoms with E-state index in [0.717, 1.165) is 53.9 Å². The van der Waals surface area contributed by atoms with Crippen molar-refractivity contribution in [1.82, 2.24) is 15.3 Å². The second-order valence-corrected chi connectivity index (χ2v) is 7.68. The Hall–Kier alpha value is -3.30. The van der Waals surface area contributed by atoms with Gasteiger partial charge in [-0.1, -0.05) is 38.1 Å². The van der Waals surface area contributed by atoms with Crippen LogP contribution in [0.3, 0.4) is 0 Å². The number of fused-ring (bicyclic) bond motifs is 1. The lowest BCUT2D eigenvalue weighted by Crippen LogP contribution is -2.30. The van der Waals surface area contributed by atoms with Gasteiger partial charge in [0.1, 0.15) is 12.0 Å². The number of para-hydroxylation sites is 2. The van der Waals surface area contributed by atoms with Crippen molar-refractivity contribution in [2.24, 2.45) is 5.92 Å². The summed E-state index contributed by atoms with van der Waals surface area (Å²) in [5.74, 6) is 1.10. The van der Waals surface area contributed by atoms with E-state index < -0.39 is 0 Å². The van der Waals surface area contributed by atoms with Crippen LogP contribution < -0.4 is 10.2 Å². The van der Waals surface area contributed by atoms with Crippen molar-refractivity contribution >= 4 is 23.1 Å². The van der Waals surface area contributed by atoms with E-state index in [1.807, 2.05) is 69.4 Å². The zero-order valence-electron chi connectivity index (χ0n) is 17.7. The molecule has 2 aromatic carbocycles. The smallest absolute Gasteiger partial charge is 0.156 e. The van der Waals surface area contributed by atoms with Crippen molar-refractivity contribution in [3.63, 3.8) is 0 Å². The molecule has 0 spiro atoms. The standard InChI is InChI=1S/C20H19N5.C4H8O/c1-22-16-9-10-25(13-16)20-19(15-6-4-5-14(11-15)12-21)23-17-7-2-3-8-18(17)24-20;1-4(2)3-5/h2-8,11,16,22H,9-10,13H2,1H3;3-4H,1-2H3. The first kappa shape index (κ1) is 21.4. The number of nitrogens with one attached hydrogen (secondary N) is 1. The van der Waals surface area contributed by atoms with Crippen LogP contribution in [0.1, 0.15) is 25.8 Å². The first-order chi connectivity index (χ1) is 14.5. The number of rotatable bonds is 4. The highest BCUT2D eigenvalue weighted by molar-refractivity contribution is 5.84. The third-order valence-electron chi connectivity index (χ3n) is 4.99. The van der Waals surface area contributed by atoms with Gasteiger partial charge in [0.25, 0.3) is 0 Å². The molecule has 30 heavy (non-hydrogen) atoms. The number of nitrogens with zero attached hydrogens (tertiary/aromatic N) is 4. The maximum absolute atomic E-state index is 9.50. The minimum absolute atomic E-state index is 0.204. The fourth-order valence-corrected chi connectivity index (χ4v) is 3.33. The molecule has 154 valence electrons. The molecule has 0 amide bonds. The molecule has 0 aliphatic carbocycles. The van der Waals surface area contributed by atoms with Gasteiger partial charge in [0, 0.05) is 30.6 Å². The first-order valence-corrected chi connectivity index (χ1v) is 10.2. The molecule has 1 aliphatic rings. The van der Waals surface area contributed by atoms with E-state index in [1.54, 1.807) is 0 Å². The second kappa shape index (κ2) is 9.95. The number of hydrogen-bond donors (Lipinski definition) is 1. The Bertz CT molecular complexity index is 1060. The van der Waals surface area contributed by atoms with Gasteiger partial charge in [-0.05, 0) is 37.7 Å². The Labute approximate surface area is 177 Å². The average Bonchev–Trinajstić information content (AvgIpc) is 3.28. The fraction of sp³-hybridized carbons (Fsp3) is 0.333. The summed E-state index contributed by atoms with van der Waals surface area (Å²) in [5, 5.41) is 12.6. The van der Waals surface area contributed by atoms with Gasteiger partial charge >= 0.3 is 0 Å². The SMILES string of the molecule is CC(C)C=O.CNC1CCN(c2nc3ccccc3nc2-c2cccc(C#N)c2)C1. The van der Waals surface area contributed by atoms with Crippen LogP contribution in [0, 0.1) is 17.2 Å². The Morgan fingerprint density at radius 2 is 1.87 bits per heavy atom. The molecule has 0 radical (unpaired) electrons. The Morgan fingerprint density at radius 3 is 2.47 bits per heavy atom. The molecule has 4 rings (SSSR count). The average molecular weight is 402 g/mol. The van der Waals surface area contributed by atoms with Gasteiger partial charge in [-0.3, -0.25) is 0 Å². The zero-order chi connectivity index (χ0) is 21.5. The number of hydrogen-bond acceptors (Lipinski definition) is 6. The molecular weight excluding hydrogens is 374 g/mol. The van der Waals surface area contributed by atoms with Gasteiger partial charge in [0.05, 0.1) is 22.7 Å². The van der Waals surface area contributed by atoms with E-state index in [4.69, 9.17) is 9.97 Å². The maximum Gasteiger partial charge on any atom is 0.156 e. The lowest BCUT2D eigenvalue weighted by Gasteiger charge is -2.21. The summed E-state index contributed by atoms with van der Waals surface area (Å²) in [6.07, 6.45) is 2.00. The molecule has 6 heteroatoms. The van der Waals surface area contributed by atoms with Crippen molar-refractivity contribution in [2.75, 3.05) is 25.0 Å². The van der Waals surface area contributed by atoms with Crippen molar-refractivity contribution in [2.45, 2.75) is 26.3 Å². The minimum atomic E-state index is 0.204. The summed E-state index contributed by atoms with van der Waals surface area (Å²) in [7, 11) is 2.00. The van der Waals surface area contributed by atoms with Crippen molar-refractivity contribution in [3.05, 3.63) is 54.1 Å². The van der Waals surface area contributed by atoms with Crippen LogP contribution >= 0.6 is 0 Å². The molecule has 3 aromatic rings. The summed E-state index contributed by atoms with van der Waals surface area (Å²) in [6.45, 7) is 5.57. The van der Waals surface area contributed by atoms with Crippen LogP contribution in [0.2, 0.25) is 0 Å². The van der Waals surface area contributed by atoms with Crippen LogP contribution in [-0.4, -0.2) is 42.4 Å². The molecule has 2 heterocycles. The van der Waals surface area contributed by atoms with E-state index in [0.29, 0.717) is 11.6 Å². The van der Waals surface area contributed by atoms with Gasteiger partial charge in [-0.25, -0.2) is 9.97 Å². The largest absolute Gasteiger partial charge is 0.353 e. The Kier molecular flexibility index (Phi) is 7.10. The number of anilines is 1. The zero-order valence-corrected chi connectivity index (χ0v) is 17.7. The molecule has 6 nitrogen and oxygen atoms in total. The number of nitriles is 1. The molecular formula is C24H27N5O. The van der Waals surface area contributed by atoms with Crippen molar-refractivity contribution in [1.29, 1.82) is 5.26 Å². The molecule has 1 atom stereocenters. The molecule has 1 fully saturated rings. The van der Waals surface area contributed by atoms with Crippen molar-refractivity contribution < 1.29 is 4.79 Å². The fourth-order valence-electron chi connectivity index (χ4n) is 3.33. The predicted octanol–water partition coefficient (Wildman–Crippen LogP) is 3.81. The maximum atomic E-state index is 9.50. The number of aromatic nitrogens is 2. The summed E-state index contributed by atoms with van der Waals surface area (Å²) in [6, 6.07) is 18.2.